The van der Waals surface area contributed by atoms with Gasteiger partial charge in [-0.15, -0.1) is 0 Å². The van der Waals surface area contributed by atoms with Crippen LogP contribution >= 0.6 is 0 Å². The first kappa shape index (κ1) is 23.8. The summed E-state index contributed by atoms with van der Waals surface area (Å²) in [5.74, 6) is 0.301. The number of carboxylic acid groups (broad SMARTS) is 1. The van der Waals surface area contributed by atoms with Crippen LogP contribution in [0, 0.1) is 19.8 Å². The number of nitrogens with zero attached hydrogens (tertiary/aromatic N) is 1. The Bertz CT molecular complexity index is 1110. The average molecular weight is 460 g/mol. The van der Waals surface area contributed by atoms with E-state index in [4.69, 9.17) is 9.47 Å². The quantitative estimate of drug-likeness (QED) is 0.463. The molecule has 0 spiro atoms. The minimum Gasteiger partial charge on any atom is -0.493 e. The Balaban J connectivity index is 1.68. The standard InChI is InChI=1S/C29H33NO4/c1-20-14-21(2)16-25(15-20)28(30-13-7-10-24(18-30)29(31)32)23-11-12-26(27(17-23)33-3)34-19-22-8-5-4-6-9-22/h4-6,8-9,11-12,14-17,24,28H,7,10,13,18-19H2,1-3H3,(H,31,32). The monoisotopic (exact) mass is 459 g/mol. The number of carbonyl (C=O) groups is 1. The highest BCUT2D eigenvalue weighted by Gasteiger charge is 2.32. The van der Waals surface area contributed by atoms with Crippen LogP contribution in [-0.4, -0.2) is 36.2 Å². The Morgan fingerprint density at radius 3 is 2.41 bits per heavy atom. The number of aryl methyl sites for hydroxylation is 2. The van der Waals surface area contributed by atoms with E-state index in [1.54, 1.807) is 7.11 Å². The lowest BCUT2D eigenvalue weighted by Crippen LogP contribution is -2.41. The predicted octanol–water partition coefficient (Wildman–Crippen LogP) is 5.78. The minimum atomic E-state index is -0.717. The second-order valence-electron chi connectivity index (χ2n) is 9.18. The van der Waals surface area contributed by atoms with Gasteiger partial charge in [0.2, 0.25) is 0 Å². The van der Waals surface area contributed by atoms with E-state index in [0.29, 0.717) is 24.7 Å². The molecule has 5 nitrogen and oxygen atoms in total. The Morgan fingerprint density at radius 2 is 1.74 bits per heavy atom. The molecule has 2 atom stereocenters. The highest BCUT2D eigenvalue weighted by atomic mass is 16.5. The maximum Gasteiger partial charge on any atom is 0.307 e. The first-order chi connectivity index (χ1) is 16.4. The average Bonchev–Trinajstić information content (AvgIpc) is 2.83. The van der Waals surface area contributed by atoms with Crippen molar-refractivity contribution in [1.29, 1.82) is 0 Å². The molecule has 5 heteroatoms. The number of aliphatic carboxylic acids is 1. The van der Waals surface area contributed by atoms with Gasteiger partial charge in [-0.2, -0.15) is 0 Å². The number of benzene rings is 3. The lowest BCUT2D eigenvalue weighted by atomic mass is 9.90. The van der Waals surface area contributed by atoms with Crippen LogP contribution in [0.3, 0.4) is 0 Å². The zero-order chi connectivity index (χ0) is 24.1. The smallest absolute Gasteiger partial charge is 0.307 e. The lowest BCUT2D eigenvalue weighted by molar-refractivity contribution is -0.143. The minimum absolute atomic E-state index is 0.0576. The summed E-state index contributed by atoms with van der Waals surface area (Å²) in [5.41, 5.74) is 5.72. The largest absolute Gasteiger partial charge is 0.493 e. The molecule has 1 saturated heterocycles. The topological polar surface area (TPSA) is 59.0 Å². The number of hydrogen-bond donors (Lipinski definition) is 1. The van der Waals surface area contributed by atoms with E-state index in [2.05, 4.69) is 43.0 Å². The van der Waals surface area contributed by atoms with E-state index in [1.807, 2.05) is 42.5 Å². The van der Waals surface area contributed by atoms with Crippen LogP contribution in [0.15, 0.2) is 66.7 Å². The van der Waals surface area contributed by atoms with Gasteiger partial charge in [-0.25, -0.2) is 0 Å². The van der Waals surface area contributed by atoms with Crippen molar-refractivity contribution in [3.8, 4) is 11.5 Å². The molecule has 0 aliphatic carbocycles. The zero-order valence-electron chi connectivity index (χ0n) is 20.2. The molecule has 0 saturated carbocycles. The fourth-order valence-corrected chi connectivity index (χ4v) is 4.93. The van der Waals surface area contributed by atoms with Gasteiger partial charge in [0.15, 0.2) is 11.5 Å². The summed E-state index contributed by atoms with van der Waals surface area (Å²) in [5, 5.41) is 9.68. The molecule has 1 fully saturated rings. The summed E-state index contributed by atoms with van der Waals surface area (Å²) >= 11 is 0. The van der Waals surface area contributed by atoms with Crippen molar-refractivity contribution in [1.82, 2.24) is 4.90 Å². The first-order valence-corrected chi connectivity index (χ1v) is 11.8. The van der Waals surface area contributed by atoms with Crippen LogP contribution in [0.5, 0.6) is 11.5 Å². The van der Waals surface area contributed by atoms with Crippen molar-refractivity contribution in [3.05, 3.63) is 94.5 Å². The predicted molar refractivity (Wildman–Crippen MR) is 133 cm³/mol. The summed E-state index contributed by atoms with van der Waals surface area (Å²) in [6, 6.07) is 22.6. The van der Waals surface area contributed by atoms with E-state index in [1.165, 1.54) is 16.7 Å². The Hall–Kier alpha value is -3.31. The van der Waals surface area contributed by atoms with Crippen molar-refractivity contribution >= 4 is 5.97 Å². The lowest BCUT2D eigenvalue weighted by Gasteiger charge is -2.38. The van der Waals surface area contributed by atoms with Crippen LogP contribution in [0.1, 0.15) is 46.7 Å². The number of hydrogen-bond acceptors (Lipinski definition) is 4. The summed E-state index contributed by atoms with van der Waals surface area (Å²) in [4.78, 5) is 14.1. The number of piperidine rings is 1. The number of ether oxygens (including phenoxy) is 2. The molecule has 0 bridgehead atoms. The van der Waals surface area contributed by atoms with E-state index >= 15 is 0 Å². The van der Waals surface area contributed by atoms with Gasteiger partial charge in [-0.3, -0.25) is 9.69 Å². The summed E-state index contributed by atoms with van der Waals surface area (Å²) < 4.78 is 11.8. The molecular formula is C29H33NO4. The van der Waals surface area contributed by atoms with Gasteiger partial charge in [0.25, 0.3) is 0 Å². The fourth-order valence-electron chi connectivity index (χ4n) is 4.93. The normalized spacial score (nSPS) is 17.2. The molecule has 0 radical (unpaired) electrons. The summed E-state index contributed by atoms with van der Waals surface area (Å²) in [6.45, 7) is 6.05. The Labute approximate surface area is 201 Å². The number of methoxy groups -OCH3 is 1. The zero-order valence-corrected chi connectivity index (χ0v) is 20.2. The third-order valence-corrected chi connectivity index (χ3v) is 6.47. The van der Waals surface area contributed by atoms with Gasteiger partial charge in [0.05, 0.1) is 19.1 Å². The first-order valence-electron chi connectivity index (χ1n) is 11.8. The molecule has 0 amide bonds. The van der Waals surface area contributed by atoms with Crippen LogP contribution in [0.4, 0.5) is 0 Å². The van der Waals surface area contributed by atoms with Gasteiger partial charge in [-0.1, -0.05) is 65.7 Å². The molecule has 1 aliphatic heterocycles. The molecule has 1 N–H and O–H groups in total. The van der Waals surface area contributed by atoms with Crippen LogP contribution in [0.25, 0.3) is 0 Å². The fraction of sp³-hybridized carbons (Fsp3) is 0.345. The molecule has 1 heterocycles. The molecule has 3 aromatic rings. The summed E-state index contributed by atoms with van der Waals surface area (Å²) in [6.07, 6.45) is 1.59. The second-order valence-corrected chi connectivity index (χ2v) is 9.18. The molecular weight excluding hydrogens is 426 g/mol. The Morgan fingerprint density at radius 1 is 1.00 bits per heavy atom. The van der Waals surface area contributed by atoms with Crippen molar-refractivity contribution < 1.29 is 19.4 Å². The van der Waals surface area contributed by atoms with Crippen molar-refractivity contribution in [2.24, 2.45) is 5.92 Å². The Kier molecular flexibility index (Phi) is 7.53. The number of rotatable bonds is 8. The van der Waals surface area contributed by atoms with Gasteiger partial charge in [-0.05, 0) is 62.1 Å². The summed E-state index contributed by atoms with van der Waals surface area (Å²) in [7, 11) is 1.65. The number of likely N-dealkylation sites (tertiary alicyclic amines) is 1. The van der Waals surface area contributed by atoms with E-state index in [9.17, 15) is 9.90 Å². The third kappa shape index (κ3) is 5.60. The molecule has 4 rings (SSSR count). The van der Waals surface area contributed by atoms with Crippen molar-refractivity contribution in [2.75, 3.05) is 20.2 Å². The number of carboxylic acids is 1. The van der Waals surface area contributed by atoms with Gasteiger partial charge in [0, 0.05) is 6.54 Å². The van der Waals surface area contributed by atoms with Gasteiger partial charge >= 0.3 is 5.97 Å². The highest BCUT2D eigenvalue weighted by Crippen LogP contribution is 2.38. The SMILES string of the molecule is COc1cc(C(c2cc(C)cc(C)c2)N2CCCC(C(=O)O)C2)ccc1OCc1ccccc1. The molecule has 3 aromatic carbocycles. The molecule has 2 unspecified atom stereocenters. The maximum absolute atomic E-state index is 11.8. The third-order valence-electron chi connectivity index (χ3n) is 6.47. The van der Waals surface area contributed by atoms with Gasteiger partial charge in [0.1, 0.15) is 6.61 Å². The second kappa shape index (κ2) is 10.7. The van der Waals surface area contributed by atoms with Crippen LogP contribution < -0.4 is 9.47 Å². The molecule has 178 valence electrons. The molecule has 1 aliphatic rings. The van der Waals surface area contributed by atoms with Crippen LogP contribution in [0.2, 0.25) is 0 Å². The highest BCUT2D eigenvalue weighted by molar-refractivity contribution is 5.70. The maximum atomic E-state index is 11.8. The van der Waals surface area contributed by atoms with Crippen molar-refractivity contribution in [3.63, 3.8) is 0 Å². The van der Waals surface area contributed by atoms with Crippen LogP contribution in [-0.2, 0) is 11.4 Å². The molecule has 0 aromatic heterocycles. The van der Waals surface area contributed by atoms with E-state index in [-0.39, 0.29) is 12.0 Å². The van der Waals surface area contributed by atoms with Crippen molar-refractivity contribution in [2.45, 2.75) is 39.3 Å². The molecule has 34 heavy (non-hydrogen) atoms. The van der Waals surface area contributed by atoms with E-state index in [0.717, 1.165) is 30.5 Å². The van der Waals surface area contributed by atoms with Gasteiger partial charge < -0.3 is 14.6 Å². The van der Waals surface area contributed by atoms with E-state index < -0.39 is 5.97 Å².